The molecule has 0 amide bonds. The van der Waals surface area contributed by atoms with E-state index < -0.39 is 12.4 Å². The first kappa shape index (κ1) is 13.4. The summed E-state index contributed by atoms with van der Waals surface area (Å²) in [5.74, 6) is -0.380. The first-order valence-electron chi connectivity index (χ1n) is 4.35. The third kappa shape index (κ3) is 2.55. The second-order valence-corrected chi connectivity index (χ2v) is 3.38. The van der Waals surface area contributed by atoms with E-state index in [2.05, 4.69) is 0 Å². The summed E-state index contributed by atoms with van der Waals surface area (Å²) in [6.07, 6.45) is 0.646. The minimum Gasteiger partial charge on any atom is -0.445 e. The molecule has 0 unspecified atom stereocenters. The van der Waals surface area contributed by atoms with E-state index >= 15 is 0 Å². The van der Waals surface area contributed by atoms with Gasteiger partial charge in [0.05, 0.1) is 0 Å². The van der Waals surface area contributed by atoms with Crippen LogP contribution in [0.15, 0.2) is 18.2 Å². The number of aryl methyl sites for hydroxylation is 1. The van der Waals surface area contributed by atoms with Crippen LogP contribution in [0.3, 0.4) is 0 Å². The van der Waals surface area contributed by atoms with E-state index in [9.17, 15) is 17.7 Å². The molecule has 6 heteroatoms. The number of ketones is 1. The van der Waals surface area contributed by atoms with Crippen LogP contribution in [0.4, 0.5) is 12.9 Å². The van der Waals surface area contributed by atoms with Crippen molar-refractivity contribution in [2.45, 2.75) is 12.8 Å². The van der Waals surface area contributed by atoms with Crippen molar-refractivity contribution in [2.75, 3.05) is 0 Å². The van der Waals surface area contributed by atoms with Crippen LogP contribution in [0, 0.1) is 0 Å². The summed E-state index contributed by atoms with van der Waals surface area (Å²) in [4.78, 5) is 11.2. The largest absolute Gasteiger partial charge is 1.00 e. The van der Waals surface area contributed by atoms with Gasteiger partial charge in [0.15, 0.2) is 5.78 Å². The van der Waals surface area contributed by atoms with Gasteiger partial charge in [-0.2, -0.15) is 0 Å². The number of rotatable bonds is 1. The quantitative estimate of drug-likeness (QED) is 0.566. The van der Waals surface area contributed by atoms with Crippen molar-refractivity contribution in [3.63, 3.8) is 0 Å². The molecule has 74 valence electrons. The average Bonchev–Trinajstić information content (AvgIpc) is 2.46. The van der Waals surface area contributed by atoms with Crippen molar-refractivity contribution >= 4 is 18.2 Å². The third-order valence-electron chi connectivity index (χ3n) is 2.44. The second kappa shape index (κ2) is 4.71. The summed E-state index contributed by atoms with van der Waals surface area (Å²) in [5, 5.41) is 0. The van der Waals surface area contributed by atoms with Crippen molar-refractivity contribution in [1.82, 2.24) is 0 Å². The molecule has 2 rings (SSSR count). The monoisotopic (exact) mass is 238 g/mol. The molecule has 1 aliphatic rings. The smallest absolute Gasteiger partial charge is 0.445 e. The molecule has 0 fully saturated rings. The van der Waals surface area contributed by atoms with Crippen LogP contribution in [-0.4, -0.2) is 12.8 Å². The fourth-order valence-electron chi connectivity index (χ4n) is 1.81. The van der Waals surface area contributed by atoms with Crippen LogP contribution in [0.1, 0.15) is 22.3 Å². The van der Waals surface area contributed by atoms with Crippen molar-refractivity contribution in [2.24, 2.45) is 0 Å². The Labute approximate surface area is 128 Å². The van der Waals surface area contributed by atoms with E-state index in [0.29, 0.717) is 12.0 Å². The van der Waals surface area contributed by atoms with Crippen LogP contribution in [0.5, 0.6) is 0 Å². The van der Waals surface area contributed by atoms with Gasteiger partial charge in [-0.05, 0) is 17.5 Å². The Morgan fingerprint density at radius 2 is 1.80 bits per heavy atom. The Kier molecular flexibility index (Phi) is 4.22. The minimum atomic E-state index is -5.07. The maximum Gasteiger partial charge on any atom is 1.00 e. The summed E-state index contributed by atoms with van der Waals surface area (Å²) in [5.41, 5.74) is -0.295. The van der Waals surface area contributed by atoms with E-state index in [1.165, 1.54) is 6.07 Å². The molecule has 0 aromatic heterocycles. The Morgan fingerprint density at radius 1 is 1.13 bits per heavy atom. The van der Waals surface area contributed by atoms with E-state index in [1.807, 2.05) is 0 Å². The number of carbonyl (C=O) groups is 1. The number of Topliss-reactive ketones (excluding diaryl/α,β-unsaturated/α-hetero) is 1. The molecule has 1 aliphatic carbocycles. The predicted molar refractivity (Wildman–Crippen MR) is 47.8 cm³/mol. The van der Waals surface area contributed by atoms with Crippen LogP contribution >= 0.6 is 0 Å². The van der Waals surface area contributed by atoms with Gasteiger partial charge in [-0.1, -0.05) is 23.7 Å². The molecule has 0 saturated heterocycles. The van der Waals surface area contributed by atoms with Gasteiger partial charge >= 0.3 is 58.4 Å². The molecule has 0 aliphatic heterocycles. The van der Waals surface area contributed by atoms with Gasteiger partial charge in [0.1, 0.15) is 0 Å². The molecule has 0 atom stereocenters. The number of hydrogen-bond acceptors (Lipinski definition) is 1. The van der Waals surface area contributed by atoms with Crippen LogP contribution in [0.2, 0.25) is 0 Å². The van der Waals surface area contributed by atoms with Gasteiger partial charge in [-0.15, -0.1) is 0 Å². The maximum atomic E-state index is 12.5. The summed E-state index contributed by atoms with van der Waals surface area (Å²) in [6.45, 7) is -5.07. The first-order chi connectivity index (χ1) is 6.50. The van der Waals surface area contributed by atoms with Crippen molar-refractivity contribution in [3.05, 3.63) is 29.3 Å². The van der Waals surface area contributed by atoms with Crippen LogP contribution in [-0.2, 0) is 6.42 Å². The zero-order chi connectivity index (χ0) is 10.3. The summed E-state index contributed by atoms with van der Waals surface area (Å²) >= 11 is 0. The van der Waals surface area contributed by atoms with E-state index in [1.54, 1.807) is 6.07 Å². The normalized spacial score (nSPS) is 14.7. The van der Waals surface area contributed by atoms with Gasteiger partial charge in [0.25, 0.3) is 0 Å². The number of halogens is 3. The molecule has 0 bridgehead atoms. The Bertz CT molecular complexity index is 403. The Balaban J connectivity index is 0.00000112. The minimum absolute atomic E-state index is 0. The number of benzene rings is 1. The van der Waals surface area contributed by atoms with E-state index in [-0.39, 0.29) is 69.2 Å². The van der Waals surface area contributed by atoms with Gasteiger partial charge in [-0.3, -0.25) is 4.79 Å². The van der Waals surface area contributed by atoms with Crippen LogP contribution < -0.4 is 56.8 Å². The predicted octanol–water partition coefficient (Wildman–Crippen LogP) is -1.13. The molecule has 15 heavy (non-hydrogen) atoms. The average molecular weight is 238 g/mol. The molecular weight excluding hydrogens is 231 g/mol. The number of carbonyl (C=O) groups excluding carboxylic acids is 1. The molecule has 1 nitrogen and oxygen atoms in total. The topological polar surface area (TPSA) is 17.1 Å². The van der Waals surface area contributed by atoms with Gasteiger partial charge < -0.3 is 12.9 Å². The zero-order valence-electron chi connectivity index (χ0n) is 8.27. The number of fused-ring (bicyclic) bond motifs is 1. The fourth-order valence-corrected chi connectivity index (χ4v) is 1.81. The third-order valence-corrected chi connectivity index (χ3v) is 2.44. The second-order valence-electron chi connectivity index (χ2n) is 3.38. The SMILES string of the molecule is O=C1CCc2cccc([B-](F)(F)F)c21.[K+]. The summed E-state index contributed by atoms with van der Waals surface area (Å²) < 4.78 is 37.6. The fraction of sp³-hybridized carbons (Fsp3) is 0.222. The first-order valence-corrected chi connectivity index (χ1v) is 4.35. The molecule has 0 heterocycles. The molecule has 0 radical (unpaired) electrons. The maximum absolute atomic E-state index is 12.5. The summed E-state index contributed by atoms with van der Waals surface area (Å²) in [7, 11) is 0. The van der Waals surface area contributed by atoms with Crippen LogP contribution in [0.25, 0.3) is 0 Å². The molecule has 1 aromatic carbocycles. The Hall–Kier alpha value is 0.381. The van der Waals surface area contributed by atoms with E-state index in [4.69, 9.17) is 0 Å². The van der Waals surface area contributed by atoms with Gasteiger partial charge in [0, 0.05) is 6.42 Å². The van der Waals surface area contributed by atoms with Crippen molar-refractivity contribution in [3.8, 4) is 0 Å². The molecular formula is C9H7BF3KO. The Morgan fingerprint density at radius 3 is 2.40 bits per heavy atom. The molecule has 1 aromatic rings. The standard InChI is InChI=1S/C9H7BF3O.K/c11-10(12,13)7-3-1-2-6-4-5-8(14)9(6)7;/h1-3H,4-5H2;/q-1;+1. The molecule has 0 N–H and O–H groups in total. The van der Waals surface area contributed by atoms with Crippen molar-refractivity contribution in [1.29, 1.82) is 0 Å². The van der Waals surface area contributed by atoms with Gasteiger partial charge in [0.2, 0.25) is 0 Å². The van der Waals surface area contributed by atoms with E-state index in [0.717, 1.165) is 6.07 Å². The zero-order valence-corrected chi connectivity index (χ0v) is 11.4. The van der Waals surface area contributed by atoms with Gasteiger partial charge in [-0.25, -0.2) is 0 Å². The number of hydrogen-bond donors (Lipinski definition) is 0. The van der Waals surface area contributed by atoms with Crippen molar-refractivity contribution < 1.29 is 69.1 Å². The molecule has 0 saturated carbocycles. The molecule has 0 spiro atoms. The summed E-state index contributed by atoms with van der Waals surface area (Å²) in [6, 6.07) is 3.94.